The molecule has 0 spiro atoms. The second-order valence-corrected chi connectivity index (χ2v) is 2.25. The van der Waals surface area contributed by atoms with Crippen LogP contribution < -0.4 is 17.0 Å². The van der Waals surface area contributed by atoms with Crippen molar-refractivity contribution in [1.82, 2.24) is 5.43 Å². The van der Waals surface area contributed by atoms with Crippen molar-refractivity contribution in [3.05, 3.63) is 23.8 Å². The number of rotatable bonds is 1. The van der Waals surface area contributed by atoms with E-state index in [0.717, 1.165) is 0 Å². The summed E-state index contributed by atoms with van der Waals surface area (Å²) in [5.41, 5.74) is 7.74. The molecule has 1 aromatic rings. The molecule has 6 N–H and O–H groups in total. The molecule has 0 unspecified atom stereocenters. The van der Waals surface area contributed by atoms with Crippen LogP contribution in [0.4, 0.5) is 5.69 Å². The molecule has 0 heterocycles. The van der Waals surface area contributed by atoms with E-state index in [1.807, 2.05) is 5.43 Å². The summed E-state index contributed by atoms with van der Waals surface area (Å²) in [5.74, 6) is 4.14. The average molecular weight is 167 g/mol. The van der Waals surface area contributed by atoms with Crippen LogP contribution in [0.2, 0.25) is 0 Å². The van der Waals surface area contributed by atoms with Gasteiger partial charge in [0.25, 0.3) is 5.91 Å². The third-order valence-corrected chi connectivity index (χ3v) is 1.40. The van der Waals surface area contributed by atoms with Crippen LogP contribution in [-0.4, -0.2) is 11.0 Å². The number of phenols is 1. The Bertz CT molecular complexity index is 312. The fourth-order valence-corrected chi connectivity index (χ4v) is 0.818. The standard InChI is InChI=1S/C7H9N3O2/c8-4-1-2-5(6(11)3-4)7(12)10-9/h1-3,11H,8-9H2,(H,10,12). The molecule has 1 aromatic carbocycles. The van der Waals surface area contributed by atoms with E-state index in [4.69, 9.17) is 11.6 Å². The zero-order valence-electron chi connectivity index (χ0n) is 6.24. The van der Waals surface area contributed by atoms with Gasteiger partial charge in [-0.05, 0) is 12.1 Å². The molecule has 0 bridgehead atoms. The number of hydrogen-bond donors (Lipinski definition) is 4. The minimum Gasteiger partial charge on any atom is -0.507 e. The van der Waals surface area contributed by atoms with Crippen molar-refractivity contribution in [3.8, 4) is 5.75 Å². The highest BCUT2D eigenvalue weighted by atomic mass is 16.3. The molecule has 0 aromatic heterocycles. The van der Waals surface area contributed by atoms with Crippen molar-refractivity contribution in [2.24, 2.45) is 5.84 Å². The van der Waals surface area contributed by atoms with Crippen LogP contribution in [0.15, 0.2) is 18.2 Å². The second kappa shape index (κ2) is 3.10. The van der Waals surface area contributed by atoms with E-state index in [1.54, 1.807) is 0 Å². The van der Waals surface area contributed by atoms with Crippen LogP contribution >= 0.6 is 0 Å². The smallest absolute Gasteiger partial charge is 0.268 e. The van der Waals surface area contributed by atoms with Crippen LogP contribution in [0.3, 0.4) is 0 Å². The fourth-order valence-electron chi connectivity index (χ4n) is 0.818. The number of nitrogens with two attached hydrogens (primary N) is 2. The van der Waals surface area contributed by atoms with Gasteiger partial charge >= 0.3 is 0 Å². The number of nitrogen functional groups attached to an aromatic ring is 2. The molecule has 0 aliphatic carbocycles. The highest BCUT2D eigenvalue weighted by Crippen LogP contribution is 2.19. The van der Waals surface area contributed by atoms with Gasteiger partial charge in [-0.3, -0.25) is 10.2 Å². The predicted molar refractivity (Wildman–Crippen MR) is 44.2 cm³/mol. The first kappa shape index (κ1) is 8.35. The maximum absolute atomic E-state index is 10.9. The molecule has 0 saturated heterocycles. The van der Waals surface area contributed by atoms with Crippen LogP contribution in [-0.2, 0) is 0 Å². The number of phenolic OH excluding ortho intramolecular Hbond substituents is 1. The van der Waals surface area contributed by atoms with Crippen LogP contribution in [0.5, 0.6) is 5.75 Å². The maximum Gasteiger partial charge on any atom is 0.268 e. The van der Waals surface area contributed by atoms with Gasteiger partial charge in [0.05, 0.1) is 5.56 Å². The molecule has 5 nitrogen and oxygen atoms in total. The molecule has 1 amide bonds. The topological polar surface area (TPSA) is 101 Å². The number of benzene rings is 1. The summed E-state index contributed by atoms with van der Waals surface area (Å²) < 4.78 is 0. The summed E-state index contributed by atoms with van der Waals surface area (Å²) in [5, 5.41) is 9.20. The van der Waals surface area contributed by atoms with Crippen molar-refractivity contribution >= 4 is 11.6 Å². The lowest BCUT2D eigenvalue weighted by Crippen LogP contribution is -2.29. The van der Waals surface area contributed by atoms with Crippen molar-refractivity contribution in [3.63, 3.8) is 0 Å². The first-order valence-electron chi connectivity index (χ1n) is 3.24. The monoisotopic (exact) mass is 167 g/mol. The Balaban J connectivity index is 3.09. The normalized spacial score (nSPS) is 9.42. The SMILES string of the molecule is NNC(=O)c1ccc(N)cc1O. The lowest BCUT2D eigenvalue weighted by molar-refractivity contribution is 0.0951. The van der Waals surface area contributed by atoms with Crippen molar-refractivity contribution < 1.29 is 9.90 Å². The Hall–Kier alpha value is -1.75. The van der Waals surface area contributed by atoms with E-state index in [-0.39, 0.29) is 11.3 Å². The van der Waals surface area contributed by atoms with Crippen LogP contribution in [0, 0.1) is 0 Å². The molecular weight excluding hydrogens is 158 g/mol. The Labute approximate surface area is 69.0 Å². The molecule has 12 heavy (non-hydrogen) atoms. The van der Waals surface area contributed by atoms with Gasteiger partial charge in [-0.1, -0.05) is 0 Å². The third-order valence-electron chi connectivity index (χ3n) is 1.40. The summed E-state index contributed by atoms with van der Waals surface area (Å²) >= 11 is 0. The van der Waals surface area contributed by atoms with Gasteiger partial charge in [0.2, 0.25) is 0 Å². The highest BCUT2D eigenvalue weighted by Gasteiger charge is 2.08. The minimum atomic E-state index is -0.549. The molecule has 0 saturated carbocycles. The van der Waals surface area contributed by atoms with Gasteiger partial charge in [-0.2, -0.15) is 0 Å². The molecule has 64 valence electrons. The molecule has 1 rings (SSSR count). The quantitative estimate of drug-likeness (QED) is 0.197. The highest BCUT2D eigenvalue weighted by molar-refractivity contribution is 5.96. The fraction of sp³-hybridized carbons (Fsp3) is 0. The summed E-state index contributed by atoms with van der Waals surface area (Å²) in [6.45, 7) is 0. The number of nitrogens with one attached hydrogen (secondary N) is 1. The van der Waals surface area contributed by atoms with Crippen molar-refractivity contribution in [1.29, 1.82) is 0 Å². The minimum absolute atomic E-state index is 0.103. The molecule has 5 heteroatoms. The Kier molecular flexibility index (Phi) is 2.16. The average Bonchev–Trinajstić information content (AvgIpc) is 2.03. The Morgan fingerprint density at radius 3 is 2.67 bits per heavy atom. The van der Waals surface area contributed by atoms with E-state index in [2.05, 4.69) is 0 Å². The van der Waals surface area contributed by atoms with Crippen LogP contribution in [0.25, 0.3) is 0 Å². The largest absolute Gasteiger partial charge is 0.507 e. The summed E-state index contributed by atoms with van der Waals surface area (Å²) in [6, 6.07) is 4.18. The molecule has 0 fully saturated rings. The zero-order chi connectivity index (χ0) is 9.14. The number of carbonyl (C=O) groups is 1. The van der Waals surface area contributed by atoms with E-state index in [0.29, 0.717) is 5.69 Å². The number of hydrogen-bond acceptors (Lipinski definition) is 4. The Morgan fingerprint density at radius 2 is 2.17 bits per heavy atom. The maximum atomic E-state index is 10.9. The lowest BCUT2D eigenvalue weighted by Gasteiger charge is -2.02. The van der Waals surface area contributed by atoms with Gasteiger partial charge in [-0.25, -0.2) is 5.84 Å². The van der Waals surface area contributed by atoms with Crippen molar-refractivity contribution in [2.45, 2.75) is 0 Å². The van der Waals surface area contributed by atoms with E-state index in [9.17, 15) is 9.90 Å². The van der Waals surface area contributed by atoms with Gasteiger partial charge < -0.3 is 10.8 Å². The van der Waals surface area contributed by atoms with Crippen molar-refractivity contribution in [2.75, 3.05) is 5.73 Å². The number of amides is 1. The zero-order valence-corrected chi connectivity index (χ0v) is 6.24. The Morgan fingerprint density at radius 1 is 1.50 bits per heavy atom. The van der Waals surface area contributed by atoms with Crippen LogP contribution in [0.1, 0.15) is 10.4 Å². The van der Waals surface area contributed by atoms with Gasteiger partial charge in [0.1, 0.15) is 5.75 Å². The van der Waals surface area contributed by atoms with E-state index >= 15 is 0 Å². The second-order valence-electron chi connectivity index (χ2n) is 2.25. The predicted octanol–water partition coefficient (Wildman–Crippen LogP) is -0.422. The first-order chi connectivity index (χ1) is 5.65. The molecule has 0 aliphatic heterocycles. The summed E-state index contributed by atoms with van der Waals surface area (Å²) in [6.07, 6.45) is 0. The molecule has 0 atom stereocenters. The number of aromatic hydroxyl groups is 1. The van der Waals surface area contributed by atoms with Gasteiger partial charge in [0.15, 0.2) is 0 Å². The van der Waals surface area contributed by atoms with Gasteiger partial charge in [0, 0.05) is 11.8 Å². The number of hydrazine groups is 1. The van der Waals surface area contributed by atoms with E-state index in [1.165, 1.54) is 18.2 Å². The number of carbonyl (C=O) groups excluding carboxylic acids is 1. The third kappa shape index (κ3) is 1.46. The molecule has 0 aliphatic rings. The molecular formula is C7H9N3O2. The number of anilines is 1. The molecule has 0 radical (unpaired) electrons. The summed E-state index contributed by atoms with van der Waals surface area (Å²) in [7, 11) is 0. The first-order valence-corrected chi connectivity index (χ1v) is 3.24. The van der Waals surface area contributed by atoms with E-state index < -0.39 is 5.91 Å². The lowest BCUT2D eigenvalue weighted by atomic mass is 10.2. The van der Waals surface area contributed by atoms with Gasteiger partial charge in [-0.15, -0.1) is 0 Å². The summed E-state index contributed by atoms with van der Waals surface area (Å²) in [4.78, 5) is 10.9.